The summed E-state index contributed by atoms with van der Waals surface area (Å²) in [6, 6.07) is 9.85. The largest absolute Gasteiger partial charge is 0.465 e. The topological polar surface area (TPSA) is 137 Å². The molecule has 0 fully saturated rings. The molecule has 1 aliphatic rings. The molecule has 3 aromatic rings. The number of amides is 3. The first-order valence-corrected chi connectivity index (χ1v) is 9.83. The number of ether oxygens (including phenoxy) is 1. The molecule has 1 aliphatic heterocycles. The van der Waals surface area contributed by atoms with Gasteiger partial charge in [0.1, 0.15) is 11.6 Å². The van der Waals surface area contributed by atoms with Crippen molar-refractivity contribution in [2.24, 2.45) is 0 Å². The van der Waals surface area contributed by atoms with E-state index in [1.54, 1.807) is 12.1 Å². The second kappa shape index (κ2) is 9.24. The minimum Gasteiger partial charge on any atom is -0.465 e. The molecule has 0 radical (unpaired) electrons. The van der Waals surface area contributed by atoms with E-state index in [1.165, 1.54) is 24.3 Å². The molecule has 10 nitrogen and oxygen atoms in total. The maximum absolute atomic E-state index is 13.8. The molecule has 0 bridgehead atoms. The number of hydrogen-bond donors (Lipinski definition) is 6. The first-order valence-electron chi connectivity index (χ1n) is 9.83. The molecule has 1 atom stereocenters. The molecule has 0 saturated carbocycles. The van der Waals surface area contributed by atoms with Crippen LogP contribution in [0.5, 0.6) is 11.6 Å². The fraction of sp³-hybridized carbons (Fsp3) is 0.0952. The van der Waals surface area contributed by atoms with Gasteiger partial charge in [-0.2, -0.15) is 18.2 Å². The average Bonchev–Trinajstić information content (AvgIpc) is 3.16. The minimum absolute atomic E-state index is 0.201. The van der Waals surface area contributed by atoms with E-state index in [4.69, 9.17) is 9.84 Å². The predicted molar refractivity (Wildman–Crippen MR) is 117 cm³/mol. The Labute approximate surface area is 194 Å². The predicted octanol–water partition coefficient (Wildman–Crippen LogP) is 5.06. The van der Waals surface area contributed by atoms with E-state index in [0.717, 1.165) is 0 Å². The number of nitrogens with zero attached hydrogens (tertiary/aromatic N) is 1. The summed E-state index contributed by atoms with van der Waals surface area (Å²) in [5.41, 5.74) is -0.893. The van der Waals surface area contributed by atoms with Crippen LogP contribution in [0.15, 0.2) is 54.6 Å². The van der Waals surface area contributed by atoms with Gasteiger partial charge in [0, 0.05) is 11.8 Å². The highest BCUT2D eigenvalue weighted by Crippen LogP contribution is 2.32. The average molecular weight is 492 g/mol. The Kier molecular flexibility index (Phi) is 6.18. The zero-order valence-corrected chi connectivity index (χ0v) is 17.4. The number of rotatable bonds is 5. The van der Waals surface area contributed by atoms with Crippen molar-refractivity contribution in [3.8, 4) is 11.6 Å². The molecule has 182 valence electrons. The molecule has 1 unspecified atom stereocenters. The van der Waals surface area contributed by atoms with Crippen LogP contribution in [0.25, 0.3) is 0 Å². The summed E-state index contributed by atoms with van der Waals surface area (Å²) in [6.45, 7) is 0. The normalized spacial score (nSPS) is 14.2. The lowest BCUT2D eigenvalue weighted by atomic mass is 10.2. The van der Waals surface area contributed by atoms with Crippen LogP contribution in [0.3, 0.4) is 0 Å². The number of carbonyl (C=O) groups is 2. The van der Waals surface area contributed by atoms with E-state index in [0.29, 0.717) is 35.5 Å². The standard InChI is InChI=1S/C21H16F4N6O4/c22-13-6-1-10(21(23,24)25)9-15(13)28-19(32)26-11-2-4-12(5-3-11)35-16-8-7-14-17(29-16)30-18(27-14)31-20(33)34/h1-9,18,27,31H,(H,29,30)(H,33,34)(H2,26,28,32). The van der Waals surface area contributed by atoms with Crippen molar-refractivity contribution in [1.82, 2.24) is 10.3 Å². The molecule has 0 spiro atoms. The number of hydrogen-bond acceptors (Lipinski definition) is 6. The van der Waals surface area contributed by atoms with Crippen molar-refractivity contribution in [2.75, 3.05) is 21.3 Å². The van der Waals surface area contributed by atoms with Crippen LogP contribution in [0.4, 0.5) is 50.0 Å². The summed E-state index contributed by atoms with van der Waals surface area (Å²) in [5.74, 6) is -0.0995. The molecule has 3 amide bonds. The fourth-order valence-electron chi connectivity index (χ4n) is 3.06. The smallest absolute Gasteiger partial charge is 0.416 e. The van der Waals surface area contributed by atoms with E-state index in [-0.39, 0.29) is 11.6 Å². The fourth-order valence-corrected chi connectivity index (χ4v) is 3.06. The SMILES string of the molecule is O=C(O)NC1Nc2ccc(Oc3ccc(NC(=O)Nc4cc(C(F)(F)F)ccc4F)cc3)nc2N1. The number of urea groups is 1. The third-order valence-corrected chi connectivity index (χ3v) is 4.59. The van der Waals surface area contributed by atoms with Crippen LogP contribution in [0.2, 0.25) is 0 Å². The molecule has 14 heteroatoms. The van der Waals surface area contributed by atoms with Crippen LogP contribution in [0, 0.1) is 5.82 Å². The zero-order chi connectivity index (χ0) is 25.2. The van der Waals surface area contributed by atoms with Crippen LogP contribution in [-0.4, -0.2) is 28.5 Å². The molecular formula is C21H16F4N6O4. The van der Waals surface area contributed by atoms with Crippen molar-refractivity contribution in [3.63, 3.8) is 0 Å². The van der Waals surface area contributed by atoms with Crippen molar-refractivity contribution >= 4 is 35.0 Å². The molecular weight excluding hydrogens is 476 g/mol. The lowest BCUT2D eigenvalue weighted by Crippen LogP contribution is -2.42. The van der Waals surface area contributed by atoms with Crippen molar-refractivity contribution in [3.05, 3.63) is 66.0 Å². The maximum Gasteiger partial charge on any atom is 0.416 e. The number of aromatic nitrogens is 1. The number of pyridine rings is 1. The molecule has 4 rings (SSSR count). The molecule has 0 aliphatic carbocycles. The van der Waals surface area contributed by atoms with Crippen LogP contribution in [0.1, 0.15) is 5.56 Å². The summed E-state index contributed by atoms with van der Waals surface area (Å²) >= 11 is 0. The van der Waals surface area contributed by atoms with Gasteiger partial charge < -0.3 is 31.1 Å². The first kappa shape index (κ1) is 23.4. The Morgan fingerprint density at radius 1 is 1.00 bits per heavy atom. The number of carboxylic acid groups (broad SMARTS) is 1. The lowest BCUT2D eigenvalue weighted by Gasteiger charge is -2.12. The van der Waals surface area contributed by atoms with Crippen LogP contribution < -0.4 is 31.3 Å². The molecule has 6 N–H and O–H groups in total. The van der Waals surface area contributed by atoms with Gasteiger partial charge in [-0.05, 0) is 48.5 Å². The highest BCUT2D eigenvalue weighted by Gasteiger charge is 2.31. The Bertz CT molecular complexity index is 1270. The number of halogens is 4. The molecule has 0 saturated heterocycles. The second-order valence-electron chi connectivity index (χ2n) is 7.11. The van der Waals surface area contributed by atoms with Crippen molar-refractivity contribution in [1.29, 1.82) is 0 Å². The number of anilines is 4. The third-order valence-electron chi connectivity index (χ3n) is 4.59. The van der Waals surface area contributed by atoms with E-state index in [1.807, 2.05) is 5.32 Å². The van der Waals surface area contributed by atoms with E-state index in [2.05, 4.69) is 26.3 Å². The molecule has 2 heterocycles. The summed E-state index contributed by atoms with van der Waals surface area (Å²) in [5, 5.41) is 21.1. The summed E-state index contributed by atoms with van der Waals surface area (Å²) in [6.07, 6.45) is -6.65. The van der Waals surface area contributed by atoms with E-state index in [9.17, 15) is 27.2 Å². The Hall–Kier alpha value is -4.75. The summed E-state index contributed by atoms with van der Waals surface area (Å²) in [7, 11) is 0. The van der Waals surface area contributed by atoms with Gasteiger partial charge in [-0.15, -0.1) is 0 Å². The van der Waals surface area contributed by atoms with Gasteiger partial charge in [0.05, 0.1) is 16.9 Å². The van der Waals surface area contributed by atoms with E-state index < -0.39 is 41.7 Å². The van der Waals surface area contributed by atoms with Crippen molar-refractivity contribution < 1.29 is 37.0 Å². The monoisotopic (exact) mass is 492 g/mol. The van der Waals surface area contributed by atoms with E-state index >= 15 is 0 Å². The Balaban J connectivity index is 1.36. The van der Waals surface area contributed by atoms with Gasteiger partial charge in [0.25, 0.3) is 0 Å². The van der Waals surface area contributed by atoms with Crippen molar-refractivity contribution in [2.45, 2.75) is 12.5 Å². The second-order valence-corrected chi connectivity index (χ2v) is 7.11. The molecule has 35 heavy (non-hydrogen) atoms. The quantitative estimate of drug-likeness (QED) is 0.274. The number of alkyl halides is 3. The Morgan fingerprint density at radius 2 is 1.74 bits per heavy atom. The number of carbonyl (C=O) groups excluding carboxylic acids is 1. The first-order chi connectivity index (χ1) is 16.6. The zero-order valence-electron chi connectivity index (χ0n) is 17.4. The molecule has 2 aromatic carbocycles. The van der Waals surface area contributed by atoms with Crippen LogP contribution in [-0.2, 0) is 6.18 Å². The van der Waals surface area contributed by atoms with Gasteiger partial charge in [-0.3, -0.25) is 5.32 Å². The molecule has 1 aromatic heterocycles. The van der Waals surface area contributed by atoms with Crippen LogP contribution >= 0.6 is 0 Å². The van der Waals surface area contributed by atoms with Gasteiger partial charge in [0.15, 0.2) is 12.1 Å². The summed E-state index contributed by atoms with van der Waals surface area (Å²) < 4.78 is 57.9. The minimum atomic E-state index is -4.69. The summed E-state index contributed by atoms with van der Waals surface area (Å²) in [4.78, 5) is 27.1. The Morgan fingerprint density at radius 3 is 2.43 bits per heavy atom. The number of nitrogens with one attached hydrogen (secondary N) is 5. The maximum atomic E-state index is 13.8. The van der Waals surface area contributed by atoms with Gasteiger partial charge in [-0.25, -0.2) is 14.0 Å². The van der Waals surface area contributed by atoms with Gasteiger partial charge >= 0.3 is 18.3 Å². The number of benzene rings is 2. The number of fused-ring (bicyclic) bond motifs is 1. The highest BCUT2D eigenvalue weighted by molar-refractivity contribution is 5.99. The lowest BCUT2D eigenvalue weighted by molar-refractivity contribution is -0.137. The third kappa shape index (κ3) is 5.79. The van der Waals surface area contributed by atoms with Gasteiger partial charge in [-0.1, -0.05) is 0 Å². The van der Waals surface area contributed by atoms with Gasteiger partial charge in [0.2, 0.25) is 5.88 Å². The highest BCUT2D eigenvalue weighted by atomic mass is 19.4.